The number of methoxy groups -OCH3 is 2. The molecule has 0 radical (unpaired) electrons. The van der Waals surface area contributed by atoms with Gasteiger partial charge in [-0.25, -0.2) is 4.98 Å². The van der Waals surface area contributed by atoms with Gasteiger partial charge < -0.3 is 19.9 Å². The van der Waals surface area contributed by atoms with Crippen LogP contribution in [0.1, 0.15) is 54.8 Å². The molecule has 0 bridgehead atoms. The van der Waals surface area contributed by atoms with Gasteiger partial charge in [-0.3, -0.25) is 4.79 Å². The molecular weight excluding hydrogens is 368 g/mol. The number of ether oxygens (including phenoxy) is 2. The molecule has 1 atom stereocenters. The number of nitrogens with zero attached hydrogens (tertiary/aromatic N) is 1. The predicted molar refractivity (Wildman–Crippen MR) is 114 cm³/mol. The van der Waals surface area contributed by atoms with Crippen LogP contribution in [0.5, 0.6) is 5.88 Å². The number of rotatable bonds is 7. The zero-order chi connectivity index (χ0) is 21.8. The van der Waals surface area contributed by atoms with Gasteiger partial charge in [0.15, 0.2) is 0 Å². The monoisotopic (exact) mass is 400 g/mol. The first-order valence-corrected chi connectivity index (χ1v) is 9.72. The van der Waals surface area contributed by atoms with Gasteiger partial charge in [-0.05, 0) is 31.4 Å². The lowest BCUT2D eigenvalue weighted by Gasteiger charge is -2.26. The Kier molecular flexibility index (Phi) is 7.38. The van der Waals surface area contributed by atoms with Gasteiger partial charge in [0, 0.05) is 23.8 Å². The number of aromatic nitrogens is 1. The number of nitrogens with one attached hydrogen (secondary N) is 1. The zero-order valence-electron chi connectivity index (χ0n) is 18.4. The highest BCUT2D eigenvalue weighted by atomic mass is 16.5. The lowest BCUT2D eigenvalue weighted by Crippen LogP contribution is -2.29. The highest BCUT2D eigenvalue weighted by molar-refractivity contribution is 5.96. The van der Waals surface area contributed by atoms with Crippen molar-refractivity contribution in [2.45, 2.75) is 47.1 Å². The van der Waals surface area contributed by atoms with Crippen molar-refractivity contribution in [1.82, 2.24) is 4.98 Å². The van der Waals surface area contributed by atoms with Gasteiger partial charge in [0.1, 0.15) is 11.8 Å². The molecule has 6 nitrogen and oxygen atoms in total. The number of benzene rings is 1. The van der Waals surface area contributed by atoms with Gasteiger partial charge in [-0.15, -0.1) is 0 Å². The fourth-order valence-electron chi connectivity index (χ4n) is 3.13. The van der Waals surface area contributed by atoms with E-state index >= 15 is 0 Å². The Labute approximate surface area is 173 Å². The summed E-state index contributed by atoms with van der Waals surface area (Å²) in [6.07, 6.45) is -0.400. The summed E-state index contributed by atoms with van der Waals surface area (Å²) in [6.45, 7) is 9.81. The molecule has 0 saturated heterocycles. The summed E-state index contributed by atoms with van der Waals surface area (Å²) in [5.41, 5.74) is 3.72. The molecule has 29 heavy (non-hydrogen) atoms. The fraction of sp³-hybridized carbons (Fsp3) is 0.478. The minimum Gasteiger partial charge on any atom is -0.479 e. The summed E-state index contributed by atoms with van der Waals surface area (Å²) < 4.78 is 10.7. The van der Waals surface area contributed by atoms with E-state index in [1.165, 1.54) is 7.11 Å². The molecule has 0 spiro atoms. The van der Waals surface area contributed by atoms with Crippen molar-refractivity contribution in [3.8, 4) is 5.88 Å². The Balaban J connectivity index is 2.73. The maximum Gasteiger partial charge on any atom is 0.238 e. The highest BCUT2D eigenvalue weighted by Crippen LogP contribution is 2.39. The summed E-state index contributed by atoms with van der Waals surface area (Å²) in [6, 6.07) is 7.68. The topological polar surface area (TPSA) is 80.7 Å². The second-order valence-electron chi connectivity index (χ2n) is 8.24. The average Bonchev–Trinajstić information content (AvgIpc) is 2.66. The van der Waals surface area contributed by atoms with Crippen LogP contribution in [-0.4, -0.2) is 36.8 Å². The first-order chi connectivity index (χ1) is 13.6. The summed E-state index contributed by atoms with van der Waals surface area (Å²) in [7, 11) is 3.14. The Morgan fingerprint density at radius 1 is 1.24 bits per heavy atom. The second-order valence-corrected chi connectivity index (χ2v) is 8.24. The van der Waals surface area contributed by atoms with Crippen LogP contribution in [0.3, 0.4) is 0 Å². The first-order valence-electron chi connectivity index (χ1n) is 9.72. The number of carbonyl (C=O) groups is 1. The Hall–Kier alpha value is -2.44. The lowest BCUT2D eigenvalue weighted by atomic mass is 9.91. The molecule has 2 N–H and O–H groups in total. The first kappa shape index (κ1) is 22.8. The van der Waals surface area contributed by atoms with Crippen molar-refractivity contribution < 1.29 is 19.4 Å². The van der Waals surface area contributed by atoms with E-state index in [9.17, 15) is 9.90 Å². The van der Waals surface area contributed by atoms with E-state index in [1.54, 1.807) is 7.11 Å². The van der Waals surface area contributed by atoms with Crippen LogP contribution in [-0.2, 0) is 16.0 Å². The third kappa shape index (κ3) is 5.34. The van der Waals surface area contributed by atoms with Crippen LogP contribution in [0.15, 0.2) is 24.3 Å². The van der Waals surface area contributed by atoms with Crippen LogP contribution in [0, 0.1) is 19.3 Å². The standard InChI is InChI=1S/C23H32N2O4/c1-14-9-8-10-16(13-14)20(26)18-17(11-12-28-6)15(2)24-21(29-7)19(18)25-22(27)23(3,4)5/h8-10,13,20,26H,11-12H2,1-7H3,(H,25,27). The third-order valence-electron chi connectivity index (χ3n) is 4.81. The van der Waals surface area contributed by atoms with E-state index < -0.39 is 11.5 Å². The Morgan fingerprint density at radius 2 is 1.93 bits per heavy atom. The van der Waals surface area contributed by atoms with Crippen LogP contribution < -0.4 is 10.1 Å². The average molecular weight is 401 g/mol. The minimum atomic E-state index is -0.951. The molecule has 0 fully saturated rings. The van der Waals surface area contributed by atoms with Crippen LogP contribution in [0.25, 0.3) is 0 Å². The number of anilines is 1. The molecule has 1 aromatic heterocycles. The molecule has 0 aliphatic rings. The molecule has 2 aromatic rings. The van der Waals surface area contributed by atoms with Crippen molar-refractivity contribution in [2.24, 2.45) is 5.41 Å². The van der Waals surface area contributed by atoms with Crippen molar-refractivity contribution in [3.05, 3.63) is 52.2 Å². The quantitative estimate of drug-likeness (QED) is 0.735. The fourth-order valence-corrected chi connectivity index (χ4v) is 3.13. The van der Waals surface area contributed by atoms with E-state index in [0.717, 1.165) is 22.4 Å². The molecule has 0 aliphatic carbocycles. The molecule has 0 saturated carbocycles. The van der Waals surface area contributed by atoms with Gasteiger partial charge in [0.2, 0.25) is 11.8 Å². The number of hydrogen-bond acceptors (Lipinski definition) is 5. The van der Waals surface area contributed by atoms with Crippen molar-refractivity contribution in [2.75, 3.05) is 26.1 Å². The van der Waals surface area contributed by atoms with E-state index in [-0.39, 0.29) is 11.8 Å². The number of amides is 1. The lowest BCUT2D eigenvalue weighted by molar-refractivity contribution is -0.123. The maximum absolute atomic E-state index is 12.8. The van der Waals surface area contributed by atoms with E-state index in [0.29, 0.717) is 24.3 Å². The zero-order valence-corrected chi connectivity index (χ0v) is 18.4. The number of hydrogen-bond donors (Lipinski definition) is 2. The summed E-state index contributed by atoms with van der Waals surface area (Å²) >= 11 is 0. The highest BCUT2D eigenvalue weighted by Gasteiger charge is 2.29. The van der Waals surface area contributed by atoms with E-state index in [2.05, 4.69) is 10.3 Å². The molecule has 0 aliphatic heterocycles. The molecular formula is C23H32N2O4. The van der Waals surface area contributed by atoms with E-state index in [1.807, 2.05) is 58.9 Å². The van der Waals surface area contributed by atoms with Crippen LogP contribution in [0.4, 0.5) is 5.69 Å². The maximum atomic E-state index is 12.8. The van der Waals surface area contributed by atoms with Gasteiger partial charge in [0.05, 0.1) is 13.7 Å². The Bertz CT molecular complexity index is 872. The van der Waals surface area contributed by atoms with Crippen LogP contribution >= 0.6 is 0 Å². The smallest absolute Gasteiger partial charge is 0.238 e. The normalized spacial score (nSPS) is 12.6. The number of pyridine rings is 1. The molecule has 1 heterocycles. The second kappa shape index (κ2) is 9.37. The van der Waals surface area contributed by atoms with Gasteiger partial charge in [-0.1, -0.05) is 50.6 Å². The third-order valence-corrected chi connectivity index (χ3v) is 4.81. The molecule has 2 rings (SSSR count). The molecule has 158 valence electrons. The number of carbonyl (C=O) groups excluding carboxylic acids is 1. The molecule has 6 heteroatoms. The van der Waals surface area contributed by atoms with Crippen molar-refractivity contribution in [3.63, 3.8) is 0 Å². The largest absolute Gasteiger partial charge is 0.479 e. The predicted octanol–water partition coefficient (Wildman–Crippen LogP) is 3.96. The SMILES string of the molecule is COCCc1c(C)nc(OC)c(NC(=O)C(C)(C)C)c1C(O)c1cccc(C)c1. The molecule has 1 unspecified atom stereocenters. The summed E-state index contributed by atoms with van der Waals surface area (Å²) in [4.78, 5) is 17.3. The number of aryl methyl sites for hydroxylation is 2. The van der Waals surface area contributed by atoms with Crippen molar-refractivity contribution >= 4 is 11.6 Å². The number of aliphatic hydroxyl groups is 1. The Morgan fingerprint density at radius 3 is 2.48 bits per heavy atom. The van der Waals surface area contributed by atoms with E-state index in [4.69, 9.17) is 9.47 Å². The summed E-state index contributed by atoms with van der Waals surface area (Å²) in [5, 5.41) is 14.3. The van der Waals surface area contributed by atoms with Gasteiger partial charge in [0.25, 0.3) is 0 Å². The van der Waals surface area contributed by atoms with Gasteiger partial charge in [-0.2, -0.15) is 0 Å². The summed E-state index contributed by atoms with van der Waals surface area (Å²) in [5.74, 6) is 0.0970. The number of aliphatic hydroxyl groups excluding tert-OH is 1. The minimum absolute atomic E-state index is 0.183. The molecule has 1 aromatic carbocycles. The molecule has 1 amide bonds. The van der Waals surface area contributed by atoms with Crippen molar-refractivity contribution in [1.29, 1.82) is 0 Å². The van der Waals surface area contributed by atoms with Gasteiger partial charge >= 0.3 is 0 Å². The van der Waals surface area contributed by atoms with Crippen LogP contribution in [0.2, 0.25) is 0 Å².